The van der Waals surface area contributed by atoms with Crippen LogP contribution in [0.2, 0.25) is 0 Å². The Kier molecular flexibility index (Phi) is 16.9. The van der Waals surface area contributed by atoms with E-state index in [1.807, 2.05) is 0 Å². The Bertz CT molecular complexity index is 36.6. The Morgan fingerprint density at radius 2 is 2.00 bits per heavy atom. The van der Waals surface area contributed by atoms with E-state index < -0.39 is 0 Å². The molecule has 0 radical (unpaired) electrons. The summed E-state index contributed by atoms with van der Waals surface area (Å²) in [5.74, 6) is 2.52. The molecule has 0 aliphatic carbocycles. The molecular formula is C3H5CaCl. The molecule has 0 bridgehead atoms. The maximum absolute atomic E-state index is 4.95. The first kappa shape index (κ1) is 9.44. The van der Waals surface area contributed by atoms with Crippen molar-refractivity contribution in [1.82, 2.24) is 0 Å². The fourth-order valence-corrected chi connectivity index (χ4v) is 0. The van der Waals surface area contributed by atoms with Crippen molar-refractivity contribution in [2.45, 2.75) is 0 Å². The molecule has 5 heavy (non-hydrogen) atoms. The summed E-state index contributed by atoms with van der Waals surface area (Å²) in [6.07, 6.45) is 4.65. The fraction of sp³-hybridized carbons (Fsp3) is 0.333. The van der Waals surface area contributed by atoms with Gasteiger partial charge in [-0.2, -0.15) is 0 Å². The van der Waals surface area contributed by atoms with E-state index in [4.69, 9.17) is 11.6 Å². The van der Waals surface area contributed by atoms with Gasteiger partial charge in [-0.3, -0.25) is 0 Å². The van der Waals surface area contributed by atoms with Gasteiger partial charge in [0.15, 0.2) is 0 Å². The Hall–Kier alpha value is 1.11. The number of hydrogen-bond acceptors (Lipinski definition) is 0. The van der Waals surface area contributed by atoms with Gasteiger partial charge in [0.05, 0.1) is 5.88 Å². The average Bonchev–Trinajstić information content (AvgIpc) is 1.37. The van der Waals surface area contributed by atoms with Crippen molar-refractivity contribution in [3.8, 4) is 12.3 Å². The first-order valence-electron chi connectivity index (χ1n) is 0.909. The second kappa shape index (κ2) is 8.92. The van der Waals surface area contributed by atoms with Crippen molar-refractivity contribution in [2.75, 3.05) is 5.88 Å². The molecule has 0 aliphatic rings. The minimum absolute atomic E-state index is 0. The molecule has 0 nitrogen and oxygen atoms in total. The number of rotatable bonds is 0. The third kappa shape index (κ3) is 11.1. The van der Waals surface area contributed by atoms with Gasteiger partial charge < -0.3 is 0 Å². The van der Waals surface area contributed by atoms with Crippen LogP contribution in [0.15, 0.2) is 0 Å². The summed E-state index contributed by atoms with van der Waals surface area (Å²) >= 11 is 4.95. The van der Waals surface area contributed by atoms with Crippen LogP contribution in [0.4, 0.5) is 0 Å². The van der Waals surface area contributed by atoms with E-state index in [2.05, 4.69) is 12.3 Å². The molecule has 0 unspecified atom stereocenters. The molecule has 0 fully saturated rings. The molecule has 0 aromatic rings. The average molecular weight is 117 g/mol. The van der Waals surface area contributed by atoms with Crippen LogP contribution < -0.4 is 0 Å². The summed E-state index contributed by atoms with van der Waals surface area (Å²) in [6.45, 7) is 0. The van der Waals surface area contributed by atoms with E-state index in [9.17, 15) is 0 Å². The van der Waals surface area contributed by atoms with E-state index in [-0.39, 0.29) is 37.7 Å². The third-order valence-corrected chi connectivity index (χ3v) is 0.231. The van der Waals surface area contributed by atoms with Crippen LogP contribution in [0.5, 0.6) is 0 Å². The van der Waals surface area contributed by atoms with Crippen molar-refractivity contribution in [3.05, 3.63) is 0 Å². The Morgan fingerprint density at radius 3 is 2.00 bits per heavy atom. The summed E-state index contributed by atoms with van der Waals surface area (Å²) < 4.78 is 0. The van der Waals surface area contributed by atoms with Gasteiger partial charge >= 0.3 is 37.7 Å². The van der Waals surface area contributed by atoms with Gasteiger partial charge in [0.25, 0.3) is 0 Å². The van der Waals surface area contributed by atoms with E-state index in [0.717, 1.165) is 0 Å². The number of hydrogen-bond donors (Lipinski definition) is 0. The molecule has 0 heterocycles. The molecule has 0 amide bonds. The molecule has 0 saturated carbocycles. The Morgan fingerprint density at radius 1 is 1.80 bits per heavy atom. The van der Waals surface area contributed by atoms with Crippen LogP contribution in [-0.4, -0.2) is 43.6 Å². The zero-order chi connectivity index (χ0) is 3.41. The number of halogens is 1. The van der Waals surface area contributed by atoms with Crippen LogP contribution in [-0.2, 0) is 0 Å². The van der Waals surface area contributed by atoms with E-state index >= 15 is 0 Å². The zero-order valence-corrected chi connectivity index (χ0v) is 2.92. The molecule has 0 saturated heterocycles. The second-order valence-electron chi connectivity index (χ2n) is 0.338. The molecule has 0 aromatic heterocycles. The standard InChI is InChI=1S/C3H3Cl.Ca.2H/c1-2-3-4;;;/h1H,3H2;;;. The van der Waals surface area contributed by atoms with Crippen molar-refractivity contribution >= 4 is 49.3 Å². The molecule has 0 aliphatic heterocycles. The van der Waals surface area contributed by atoms with Gasteiger partial charge in [0.2, 0.25) is 0 Å². The first-order chi connectivity index (χ1) is 1.91. The monoisotopic (exact) mass is 116 g/mol. The molecule has 26 valence electrons. The summed E-state index contributed by atoms with van der Waals surface area (Å²) in [4.78, 5) is 0. The quantitative estimate of drug-likeness (QED) is 0.236. The van der Waals surface area contributed by atoms with E-state index in [1.54, 1.807) is 0 Å². The van der Waals surface area contributed by atoms with E-state index in [1.165, 1.54) is 0 Å². The number of terminal acetylenes is 1. The second-order valence-corrected chi connectivity index (χ2v) is 0.605. The van der Waals surface area contributed by atoms with Gasteiger partial charge in [-0.05, 0) is 0 Å². The normalized spacial score (nSPS) is 4.00. The van der Waals surface area contributed by atoms with Gasteiger partial charge in [-0.25, -0.2) is 0 Å². The van der Waals surface area contributed by atoms with Crippen LogP contribution in [0, 0.1) is 12.3 Å². The zero-order valence-electron chi connectivity index (χ0n) is 2.16. The SMILES string of the molecule is C#CCCl.[CaH2]. The van der Waals surface area contributed by atoms with Crippen molar-refractivity contribution in [1.29, 1.82) is 0 Å². The molecule has 2 heteroatoms. The van der Waals surface area contributed by atoms with Crippen LogP contribution in [0.25, 0.3) is 0 Å². The molecule has 0 spiro atoms. The van der Waals surface area contributed by atoms with Crippen molar-refractivity contribution in [2.24, 2.45) is 0 Å². The topological polar surface area (TPSA) is 0 Å². The van der Waals surface area contributed by atoms with Gasteiger partial charge in [-0.15, -0.1) is 18.0 Å². The van der Waals surface area contributed by atoms with Crippen molar-refractivity contribution < 1.29 is 0 Å². The fourth-order valence-electron chi connectivity index (χ4n) is 0. The molecule has 0 rings (SSSR count). The van der Waals surface area contributed by atoms with E-state index in [0.29, 0.717) is 5.88 Å². The van der Waals surface area contributed by atoms with Gasteiger partial charge in [-0.1, -0.05) is 5.92 Å². The predicted octanol–water partition coefficient (Wildman–Crippen LogP) is -0.0578. The molecular weight excluding hydrogens is 112 g/mol. The summed E-state index contributed by atoms with van der Waals surface area (Å²) in [5, 5.41) is 0. The van der Waals surface area contributed by atoms with Crippen molar-refractivity contribution in [3.63, 3.8) is 0 Å². The predicted molar refractivity (Wildman–Crippen MR) is 28.1 cm³/mol. The minimum atomic E-state index is 0. The molecule has 0 N–H and O–H groups in total. The maximum atomic E-state index is 4.95. The van der Waals surface area contributed by atoms with Gasteiger partial charge in [0, 0.05) is 0 Å². The van der Waals surface area contributed by atoms with Crippen LogP contribution in [0.3, 0.4) is 0 Å². The molecule has 0 atom stereocenters. The molecule has 0 aromatic carbocycles. The summed E-state index contributed by atoms with van der Waals surface area (Å²) in [7, 11) is 0. The number of alkyl halides is 1. The first-order valence-corrected chi connectivity index (χ1v) is 1.44. The Balaban J connectivity index is 0. The Labute approximate surface area is 66.9 Å². The third-order valence-electron chi connectivity index (χ3n) is 0.0772. The van der Waals surface area contributed by atoms with Crippen LogP contribution >= 0.6 is 11.6 Å². The van der Waals surface area contributed by atoms with Crippen LogP contribution in [0.1, 0.15) is 0 Å². The van der Waals surface area contributed by atoms with Gasteiger partial charge in [0.1, 0.15) is 0 Å². The summed E-state index contributed by atoms with van der Waals surface area (Å²) in [5.41, 5.74) is 0. The summed E-state index contributed by atoms with van der Waals surface area (Å²) in [6, 6.07) is 0.